The molecule has 0 bridgehead atoms. The summed E-state index contributed by atoms with van der Waals surface area (Å²) < 4.78 is 18.8. The minimum atomic E-state index is -1.14. The zero-order valence-corrected chi connectivity index (χ0v) is 15.7. The van der Waals surface area contributed by atoms with Gasteiger partial charge in [0.1, 0.15) is 22.9 Å². The number of carboxylic acids is 1. The summed E-state index contributed by atoms with van der Waals surface area (Å²) in [6.07, 6.45) is 1.15. The maximum Gasteiger partial charge on any atom is 0.336 e. The van der Waals surface area contributed by atoms with E-state index in [9.17, 15) is 28.7 Å². The number of nitrogens with one attached hydrogen (secondary N) is 1. The van der Waals surface area contributed by atoms with E-state index in [2.05, 4.69) is 5.32 Å². The zero-order chi connectivity index (χ0) is 22.1. The monoisotopic (exact) mass is 420 g/mol. The summed E-state index contributed by atoms with van der Waals surface area (Å²) in [7, 11) is 0. The molecule has 1 aromatic heterocycles. The molecular formula is C22H13FN2O6. The van der Waals surface area contributed by atoms with Crippen molar-refractivity contribution in [3.05, 3.63) is 83.4 Å². The average molecular weight is 420 g/mol. The molecule has 31 heavy (non-hydrogen) atoms. The highest BCUT2D eigenvalue weighted by Crippen LogP contribution is 2.28. The number of halogens is 1. The van der Waals surface area contributed by atoms with Gasteiger partial charge in [0.05, 0.1) is 11.3 Å². The molecule has 8 nitrogen and oxygen atoms in total. The Labute approximate surface area is 174 Å². The second kappa shape index (κ2) is 7.71. The Balaban J connectivity index is 1.69. The Bertz CT molecular complexity index is 1260. The van der Waals surface area contributed by atoms with Crippen LogP contribution in [0.2, 0.25) is 0 Å². The minimum Gasteiger partial charge on any atom is -0.478 e. The molecule has 2 aromatic carbocycles. The van der Waals surface area contributed by atoms with Gasteiger partial charge in [0.25, 0.3) is 11.8 Å². The predicted molar refractivity (Wildman–Crippen MR) is 107 cm³/mol. The number of urea groups is 1. The molecule has 1 aliphatic heterocycles. The van der Waals surface area contributed by atoms with Crippen molar-refractivity contribution < 1.29 is 33.1 Å². The van der Waals surface area contributed by atoms with Crippen molar-refractivity contribution in [2.75, 3.05) is 4.90 Å². The van der Waals surface area contributed by atoms with E-state index in [4.69, 9.17) is 4.42 Å². The lowest BCUT2D eigenvalue weighted by atomic mass is 10.1. The van der Waals surface area contributed by atoms with Crippen molar-refractivity contribution in [2.24, 2.45) is 0 Å². The van der Waals surface area contributed by atoms with E-state index in [1.54, 1.807) is 18.2 Å². The number of barbiturate groups is 1. The fourth-order valence-electron chi connectivity index (χ4n) is 3.08. The highest BCUT2D eigenvalue weighted by atomic mass is 19.1. The van der Waals surface area contributed by atoms with Crippen LogP contribution in [0.4, 0.5) is 14.9 Å². The minimum absolute atomic E-state index is 0.0237. The second-order valence-corrected chi connectivity index (χ2v) is 6.49. The largest absolute Gasteiger partial charge is 0.478 e. The lowest BCUT2D eigenvalue weighted by molar-refractivity contribution is -0.122. The van der Waals surface area contributed by atoms with Crippen LogP contribution in [0, 0.1) is 5.82 Å². The van der Waals surface area contributed by atoms with Crippen LogP contribution in [0.15, 0.2) is 70.7 Å². The molecular weight excluding hydrogens is 407 g/mol. The van der Waals surface area contributed by atoms with E-state index >= 15 is 0 Å². The normalized spacial score (nSPS) is 15.3. The van der Waals surface area contributed by atoms with Gasteiger partial charge in [0.15, 0.2) is 0 Å². The zero-order valence-electron chi connectivity index (χ0n) is 15.7. The third kappa shape index (κ3) is 3.71. The Morgan fingerprint density at radius 1 is 1.00 bits per heavy atom. The van der Waals surface area contributed by atoms with Crippen molar-refractivity contribution in [2.45, 2.75) is 0 Å². The number of rotatable bonds is 4. The van der Waals surface area contributed by atoms with Gasteiger partial charge in [-0.25, -0.2) is 18.9 Å². The van der Waals surface area contributed by atoms with E-state index in [-0.39, 0.29) is 28.3 Å². The van der Waals surface area contributed by atoms with Crippen LogP contribution in [-0.2, 0) is 9.59 Å². The molecule has 4 rings (SSSR count). The molecule has 9 heteroatoms. The lowest BCUT2D eigenvalue weighted by Crippen LogP contribution is -2.54. The molecule has 0 atom stereocenters. The topological polar surface area (TPSA) is 117 Å². The van der Waals surface area contributed by atoms with Gasteiger partial charge in [-0.05, 0) is 48.5 Å². The molecule has 0 unspecified atom stereocenters. The van der Waals surface area contributed by atoms with Gasteiger partial charge in [0.2, 0.25) is 0 Å². The number of anilines is 1. The fourth-order valence-corrected chi connectivity index (χ4v) is 3.08. The maximum atomic E-state index is 13.2. The smallest absolute Gasteiger partial charge is 0.336 e. The number of carbonyl (C=O) groups is 4. The number of carboxylic acid groups (broad SMARTS) is 1. The average Bonchev–Trinajstić information content (AvgIpc) is 3.21. The first-order valence-electron chi connectivity index (χ1n) is 8.94. The summed E-state index contributed by atoms with van der Waals surface area (Å²) in [5.41, 5.74) is 0.0481. The molecule has 1 fully saturated rings. The molecule has 2 heterocycles. The number of amides is 4. The molecule has 3 aromatic rings. The Hall–Kier alpha value is -4.53. The molecule has 0 aliphatic carbocycles. The molecule has 2 N–H and O–H groups in total. The summed E-state index contributed by atoms with van der Waals surface area (Å²) in [4.78, 5) is 49.3. The third-order valence-electron chi connectivity index (χ3n) is 4.52. The molecule has 0 radical (unpaired) electrons. The quantitative estimate of drug-likeness (QED) is 0.493. The highest BCUT2D eigenvalue weighted by Gasteiger charge is 2.37. The van der Waals surface area contributed by atoms with Crippen molar-refractivity contribution in [3.8, 4) is 11.3 Å². The van der Waals surface area contributed by atoms with Crippen LogP contribution >= 0.6 is 0 Å². The predicted octanol–water partition coefficient (Wildman–Crippen LogP) is 3.45. The molecule has 154 valence electrons. The first-order valence-corrected chi connectivity index (χ1v) is 8.94. The Morgan fingerprint density at radius 2 is 1.71 bits per heavy atom. The van der Waals surface area contributed by atoms with Gasteiger partial charge in [-0.2, -0.15) is 0 Å². The molecule has 1 aliphatic rings. The first-order chi connectivity index (χ1) is 14.8. The van der Waals surface area contributed by atoms with E-state index in [0.29, 0.717) is 10.5 Å². The summed E-state index contributed by atoms with van der Waals surface area (Å²) in [6, 6.07) is 12.8. The third-order valence-corrected chi connectivity index (χ3v) is 4.52. The molecule has 0 saturated carbocycles. The van der Waals surface area contributed by atoms with Crippen LogP contribution in [-0.4, -0.2) is 28.9 Å². The van der Waals surface area contributed by atoms with Crippen molar-refractivity contribution in [3.63, 3.8) is 0 Å². The van der Waals surface area contributed by atoms with Crippen LogP contribution < -0.4 is 10.2 Å². The number of hydrogen-bond acceptors (Lipinski definition) is 5. The van der Waals surface area contributed by atoms with Gasteiger partial charge in [0, 0.05) is 5.56 Å². The summed E-state index contributed by atoms with van der Waals surface area (Å²) in [5.74, 6) is -3.20. The number of aromatic carboxylic acids is 1. The number of carbonyl (C=O) groups excluding carboxylic acids is 3. The number of benzene rings is 2. The van der Waals surface area contributed by atoms with Crippen LogP contribution in [0.25, 0.3) is 17.4 Å². The van der Waals surface area contributed by atoms with Gasteiger partial charge in [-0.15, -0.1) is 0 Å². The van der Waals surface area contributed by atoms with Crippen molar-refractivity contribution >= 4 is 35.6 Å². The van der Waals surface area contributed by atoms with E-state index < -0.39 is 29.6 Å². The van der Waals surface area contributed by atoms with Crippen LogP contribution in [0.3, 0.4) is 0 Å². The number of hydrogen-bond donors (Lipinski definition) is 2. The standard InChI is InChI=1S/C22H13FN2O6/c23-12-5-7-13(8-6-12)25-20(27)17(19(26)24-22(25)30)11-14-9-10-18(31-14)15-3-1-2-4-16(15)21(28)29/h1-11H,(H,28,29)(H,24,26,30)/b17-11-. The van der Waals surface area contributed by atoms with Crippen LogP contribution in [0.5, 0.6) is 0 Å². The molecule has 1 saturated heterocycles. The molecule has 4 amide bonds. The second-order valence-electron chi connectivity index (χ2n) is 6.49. The van der Waals surface area contributed by atoms with Crippen molar-refractivity contribution in [1.29, 1.82) is 0 Å². The summed E-state index contributed by atoms with van der Waals surface area (Å²) in [6.45, 7) is 0. The fraction of sp³-hybridized carbons (Fsp3) is 0. The van der Waals surface area contributed by atoms with E-state index in [0.717, 1.165) is 18.2 Å². The summed E-state index contributed by atoms with van der Waals surface area (Å²) >= 11 is 0. The SMILES string of the molecule is O=C1NC(=O)N(c2ccc(F)cc2)C(=O)/C1=C\c1ccc(-c2ccccc2C(=O)O)o1. The van der Waals surface area contributed by atoms with Crippen molar-refractivity contribution in [1.82, 2.24) is 5.32 Å². The Morgan fingerprint density at radius 3 is 2.42 bits per heavy atom. The van der Waals surface area contributed by atoms with Gasteiger partial charge >= 0.3 is 12.0 Å². The van der Waals surface area contributed by atoms with Crippen LogP contribution in [0.1, 0.15) is 16.1 Å². The van der Waals surface area contributed by atoms with Gasteiger partial charge < -0.3 is 9.52 Å². The summed E-state index contributed by atoms with van der Waals surface area (Å²) in [5, 5.41) is 11.4. The number of imide groups is 2. The van der Waals surface area contributed by atoms with E-state index in [1.165, 1.54) is 30.3 Å². The van der Waals surface area contributed by atoms with Gasteiger partial charge in [-0.1, -0.05) is 18.2 Å². The Kier molecular flexibility index (Phi) is 4.92. The maximum absolute atomic E-state index is 13.2. The number of furan rings is 1. The molecule has 0 spiro atoms. The highest BCUT2D eigenvalue weighted by molar-refractivity contribution is 6.39. The van der Waals surface area contributed by atoms with E-state index in [1.807, 2.05) is 0 Å². The number of nitrogens with zero attached hydrogens (tertiary/aromatic N) is 1. The first kappa shape index (κ1) is 19.8. The lowest BCUT2D eigenvalue weighted by Gasteiger charge is -2.26. The van der Waals surface area contributed by atoms with Gasteiger partial charge in [-0.3, -0.25) is 14.9 Å².